The van der Waals surface area contributed by atoms with Gasteiger partial charge in [-0.05, 0) is 29.2 Å². The minimum Gasteiger partial charge on any atom is -0.364 e. The molecule has 2 aromatic heterocycles. The van der Waals surface area contributed by atoms with Crippen LogP contribution in [-0.2, 0) is 0 Å². The maximum absolute atomic E-state index is 11.0. The van der Waals surface area contributed by atoms with E-state index in [-0.39, 0.29) is 9.92 Å². The first-order valence-corrected chi connectivity index (χ1v) is 7.85. The highest BCUT2D eigenvalue weighted by atomic mass is 32.1. The summed E-state index contributed by atoms with van der Waals surface area (Å²) in [6, 6.07) is 3.84. The molecule has 19 heavy (non-hydrogen) atoms. The Morgan fingerprint density at radius 3 is 2.95 bits per heavy atom. The molecule has 0 unspecified atom stereocenters. The molecule has 1 N–H and O–H groups in total. The molecule has 0 atom stereocenters. The third-order valence-electron chi connectivity index (χ3n) is 2.58. The minimum absolute atomic E-state index is 0.0971. The highest BCUT2D eigenvalue weighted by Gasteiger charge is 2.22. The summed E-state index contributed by atoms with van der Waals surface area (Å²) in [4.78, 5) is 16.0. The summed E-state index contributed by atoms with van der Waals surface area (Å²) >= 11 is 2.67. The van der Waals surface area contributed by atoms with Gasteiger partial charge in [0.2, 0.25) is 5.82 Å². The van der Waals surface area contributed by atoms with Crippen LogP contribution in [0.4, 0.5) is 10.8 Å². The van der Waals surface area contributed by atoms with Gasteiger partial charge in [-0.15, -0.1) is 11.3 Å². The molecule has 7 heteroatoms. The summed E-state index contributed by atoms with van der Waals surface area (Å²) in [5.74, 6) is 0.398. The maximum Gasteiger partial charge on any atom is 0.368 e. The quantitative estimate of drug-likeness (QED) is 0.468. The van der Waals surface area contributed by atoms with Crippen LogP contribution in [0.15, 0.2) is 17.5 Å². The van der Waals surface area contributed by atoms with E-state index in [0.29, 0.717) is 10.8 Å². The van der Waals surface area contributed by atoms with Gasteiger partial charge in [0.05, 0.1) is 9.80 Å². The Balaban J connectivity index is 2.14. The molecular formula is C12H15N3O2S2. The molecule has 2 heterocycles. The van der Waals surface area contributed by atoms with E-state index in [9.17, 15) is 10.1 Å². The van der Waals surface area contributed by atoms with E-state index in [1.807, 2.05) is 17.5 Å². The Hall–Kier alpha value is -1.47. The second-order valence-electron chi connectivity index (χ2n) is 4.04. The lowest BCUT2D eigenvalue weighted by atomic mass is 10.2. The molecule has 102 valence electrons. The number of thiophene rings is 1. The number of rotatable bonds is 7. The number of anilines is 1. The van der Waals surface area contributed by atoms with Gasteiger partial charge >= 0.3 is 5.00 Å². The molecule has 0 aromatic carbocycles. The average Bonchev–Trinajstić information content (AvgIpc) is 3.03. The Morgan fingerprint density at radius 2 is 2.32 bits per heavy atom. The van der Waals surface area contributed by atoms with E-state index in [1.54, 1.807) is 0 Å². The number of nitrogens with zero attached hydrogens (tertiary/aromatic N) is 2. The van der Waals surface area contributed by atoms with Crippen molar-refractivity contribution in [3.05, 3.63) is 27.6 Å². The molecule has 0 fully saturated rings. The van der Waals surface area contributed by atoms with Crippen LogP contribution in [0.3, 0.4) is 0 Å². The number of hydrogen-bond donors (Lipinski definition) is 1. The van der Waals surface area contributed by atoms with Crippen molar-refractivity contribution in [2.75, 3.05) is 11.9 Å². The van der Waals surface area contributed by atoms with Gasteiger partial charge in [0.25, 0.3) is 0 Å². The number of unbranched alkanes of at least 4 members (excludes halogenated alkanes) is 2. The van der Waals surface area contributed by atoms with Crippen LogP contribution in [0.5, 0.6) is 0 Å². The van der Waals surface area contributed by atoms with E-state index >= 15 is 0 Å². The molecule has 0 radical (unpaired) electrons. The van der Waals surface area contributed by atoms with Crippen molar-refractivity contribution in [3.63, 3.8) is 0 Å². The normalized spacial score (nSPS) is 10.6. The average molecular weight is 297 g/mol. The second kappa shape index (κ2) is 6.63. The summed E-state index contributed by atoms with van der Waals surface area (Å²) in [6.07, 6.45) is 3.24. The molecule has 0 aliphatic carbocycles. The number of hydrogen-bond acceptors (Lipinski definition) is 6. The third-order valence-corrected chi connectivity index (χ3v) is 4.63. The van der Waals surface area contributed by atoms with Crippen molar-refractivity contribution in [1.29, 1.82) is 0 Å². The summed E-state index contributed by atoms with van der Waals surface area (Å²) in [5, 5.41) is 16.9. The molecule has 0 saturated heterocycles. The Labute approximate surface area is 119 Å². The maximum atomic E-state index is 11.0. The van der Waals surface area contributed by atoms with Crippen LogP contribution in [-0.4, -0.2) is 16.5 Å². The molecule has 0 bridgehead atoms. The van der Waals surface area contributed by atoms with Gasteiger partial charge in [-0.1, -0.05) is 25.8 Å². The standard InChI is InChI=1S/C12H15N3O2S2/c1-2-3-4-7-13-10-12(15(16)17)19-11(14-10)9-6-5-8-18-9/h5-6,8,13H,2-4,7H2,1H3. The van der Waals surface area contributed by atoms with Gasteiger partial charge in [0, 0.05) is 6.54 Å². The molecule has 2 rings (SSSR count). The van der Waals surface area contributed by atoms with Crippen LogP contribution in [0.1, 0.15) is 26.2 Å². The fraction of sp³-hybridized carbons (Fsp3) is 0.417. The zero-order valence-electron chi connectivity index (χ0n) is 10.6. The highest BCUT2D eigenvalue weighted by molar-refractivity contribution is 7.23. The first-order valence-electron chi connectivity index (χ1n) is 6.15. The zero-order chi connectivity index (χ0) is 13.7. The van der Waals surface area contributed by atoms with Gasteiger partial charge in [-0.2, -0.15) is 0 Å². The molecule has 0 aliphatic rings. The molecule has 0 spiro atoms. The predicted octanol–water partition coefficient (Wildman–Crippen LogP) is 4.38. The Morgan fingerprint density at radius 1 is 1.47 bits per heavy atom. The van der Waals surface area contributed by atoms with Gasteiger partial charge < -0.3 is 5.32 Å². The second-order valence-corrected chi connectivity index (χ2v) is 5.97. The Bertz CT molecular complexity index is 537. The lowest BCUT2D eigenvalue weighted by Gasteiger charge is -2.00. The topological polar surface area (TPSA) is 68.1 Å². The van der Waals surface area contributed by atoms with Gasteiger partial charge in [0.1, 0.15) is 5.01 Å². The fourth-order valence-electron chi connectivity index (χ4n) is 1.64. The fourth-order valence-corrected chi connectivity index (χ4v) is 3.29. The van der Waals surface area contributed by atoms with Crippen molar-refractivity contribution in [2.45, 2.75) is 26.2 Å². The molecule has 5 nitrogen and oxygen atoms in total. The van der Waals surface area contributed by atoms with Crippen molar-refractivity contribution in [1.82, 2.24) is 4.98 Å². The summed E-state index contributed by atoms with van der Waals surface area (Å²) in [5.41, 5.74) is 0. The molecule has 2 aromatic rings. The van der Waals surface area contributed by atoms with Gasteiger partial charge in [0.15, 0.2) is 0 Å². The lowest BCUT2D eigenvalue weighted by Crippen LogP contribution is -2.03. The zero-order valence-corrected chi connectivity index (χ0v) is 12.2. The van der Waals surface area contributed by atoms with Crippen LogP contribution in [0, 0.1) is 10.1 Å². The van der Waals surface area contributed by atoms with E-state index in [1.165, 1.54) is 11.3 Å². The van der Waals surface area contributed by atoms with E-state index < -0.39 is 0 Å². The minimum atomic E-state index is -0.364. The van der Waals surface area contributed by atoms with E-state index in [2.05, 4.69) is 17.2 Å². The van der Waals surface area contributed by atoms with Crippen LogP contribution < -0.4 is 5.32 Å². The monoisotopic (exact) mass is 297 g/mol. The van der Waals surface area contributed by atoms with Crippen molar-refractivity contribution in [2.24, 2.45) is 0 Å². The van der Waals surface area contributed by atoms with Crippen LogP contribution in [0.2, 0.25) is 0 Å². The number of nitro groups is 1. The lowest BCUT2D eigenvalue weighted by molar-refractivity contribution is -0.379. The molecule has 0 aliphatic heterocycles. The summed E-state index contributed by atoms with van der Waals surface area (Å²) < 4.78 is 0. The van der Waals surface area contributed by atoms with Crippen molar-refractivity contribution < 1.29 is 4.92 Å². The van der Waals surface area contributed by atoms with Crippen molar-refractivity contribution >= 4 is 33.5 Å². The molecule has 0 saturated carbocycles. The predicted molar refractivity (Wildman–Crippen MR) is 80.1 cm³/mol. The highest BCUT2D eigenvalue weighted by Crippen LogP contribution is 2.38. The summed E-state index contributed by atoms with van der Waals surface area (Å²) in [7, 11) is 0. The summed E-state index contributed by atoms with van der Waals surface area (Å²) in [6.45, 7) is 2.85. The third kappa shape index (κ3) is 3.51. The first kappa shape index (κ1) is 14.0. The van der Waals surface area contributed by atoms with Gasteiger partial charge in [-0.25, -0.2) is 4.98 Å². The number of aromatic nitrogens is 1. The number of thiazole rings is 1. The molecular weight excluding hydrogens is 282 g/mol. The van der Waals surface area contributed by atoms with Crippen molar-refractivity contribution in [3.8, 4) is 9.88 Å². The van der Waals surface area contributed by atoms with E-state index in [4.69, 9.17) is 0 Å². The largest absolute Gasteiger partial charge is 0.368 e. The first-order chi connectivity index (χ1) is 9.22. The van der Waals surface area contributed by atoms with Crippen LogP contribution >= 0.6 is 22.7 Å². The van der Waals surface area contributed by atoms with E-state index in [0.717, 1.165) is 42.0 Å². The van der Waals surface area contributed by atoms with Gasteiger partial charge in [-0.3, -0.25) is 10.1 Å². The number of nitrogens with one attached hydrogen (secondary N) is 1. The SMILES string of the molecule is CCCCCNc1nc(-c2cccs2)sc1[N+](=O)[O-]. The Kier molecular flexibility index (Phi) is 4.86. The molecule has 0 amide bonds. The smallest absolute Gasteiger partial charge is 0.364 e. The van der Waals surface area contributed by atoms with Crippen LogP contribution in [0.25, 0.3) is 9.88 Å².